The molecule has 0 aliphatic rings. The lowest BCUT2D eigenvalue weighted by Gasteiger charge is -2.06. The van der Waals surface area contributed by atoms with Crippen LogP contribution in [0.4, 0.5) is 0 Å². The molecule has 19 heavy (non-hydrogen) atoms. The largest absolute Gasteiger partial charge is 0.478 e. The van der Waals surface area contributed by atoms with Gasteiger partial charge < -0.3 is 10.1 Å². The van der Waals surface area contributed by atoms with Crippen LogP contribution in [0.5, 0.6) is 0 Å². The first kappa shape index (κ1) is 13.2. The molecule has 0 amide bonds. The second kappa shape index (κ2) is 5.21. The Bertz CT molecular complexity index is 680. The molecule has 100 valence electrons. The molecule has 7 nitrogen and oxygen atoms in total. The van der Waals surface area contributed by atoms with E-state index in [1.807, 2.05) is 0 Å². The molecule has 3 N–H and O–H groups in total. The van der Waals surface area contributed by atoms with Gasteiger partial charge in [0.1, 0.15) is 5.82 Å². The standard InChI is InChI=1S/C11H11N3O4S/c15-11(16)8-2-1-3-9(6-8)19(17,18)14-7-10-12-4-5-13-10/h1-6,14H,7H2,(H,12,13)(H,15,16). The molecule has 0 aliphatic carbocycles. The van der Waals surface area contributed by atoms with Crippen LogP contribution < -0.4 is 4.72 Å². The highest BCUT2D eigenvalue weighted by Crippen LogP contribution is 2.11. The lowest BCUT2D eigenvalue weighted by atomic mass is 10.2. The van der Waals surface area contributed by atoms with Gasteiger partial charge in [0.2, 0.25) is 10.0 Å². The van der Waals surface area contributed by atoms with Gasteiger partial charge in [-0.05, 0) is 18.2 Å². The van der Waals surface area contributed by atoms with Gasteiger partial charge in [0, 0.05) is 12.4 Å². The molecule has 8 heteroatoms. The van der Waals surface area contributed by atoms with Crippen LogP contribution in [0.25, 0.3) is 0 Å². The number of carbonyl (C=O) groups is 1. The highest BCUT2D eigenvalue weighted by atomic mass is 32.2. The Kier molecular flexibility index (Phi) is 3.63. The van der Waals surface area contributed by atoms with Gasteiger partial charge in [0.15, 0.2) is 0 Å². The molecule has 1 aromatic carbocycles. The van der Waals surface area contributed by atoms with Gasteiger partial charge in [-0.2, -0.15) is 0 Å². The number of nitrogens with zero attached hydrogens (tertiary/aromatic N) is 1. The van der Waals surface area contributed by atoms with E-state index in [4.69, 9.17) is 5.11 Å². The number of hydrogen-bond donors (Lipinski definition) is 3. The molecule has 2 rings (SSSR count). The summed E-state index contributed by atoms with van der Waals surface area (Å²) in [6.45, 7) is 0.00658. The van der Waals surface area contributed by atoms with Crippen molar-refractivity contribution in [2.75, 3.05) is 0 Å². The third-order valence-corrected chi connectivity index (χ3v) is 3.77. The average molecular weight is 281 g/mol. The van der Waals surface area contributed by atoms with Crippen LogP contribution in [0.2, 0.25) is 0 Å². The minimum Gasteiger partial charge on any atom is -0.478 e. The Morgan fingerprint density at radius 3 is 2.84 bits per heavy atom. The first-order valence-corrected chi connectivity index (χ1v) is 6.78. The molecule has 0 aliphatic heterocycles. The Morgan fingerprint density at radius 1 is 1.42 bits per heavy atom. The van der Waals surface area contributed by atoms with E-state index in [0.29, 0.717) is 5.82 Å². The number of nitrogens with one attached hydrogen (secondary N) is 2. The van der Waals surface area contributed by atoms with Crippen LogP contribution in [-0.4, -0.2) is 29.5 Å². The SMILES string of the molecule is O=C(O)c1cccc(S(=O)(=O)NCc2ncc[nH]2)c1. The third kappa shape index (κ3) is 3.18. The quantitative estimate of drug-likeness (QED) is 0.742. The first-order valence-electron chi connectivity index (χ1n) is 5.30. The summed E-state index contributed by atoms with van der Waals surface area (Å²) in [5.41, 5.74) is -0.0825. The number of aromatic nitrogens is 2. The van der Waals surface area contributed by atoms with E-state index in [1.54, 1.807) is 6.20 Å². The molecule has 0 fully saturated rings. The molecule has 0 unspecified atom stereocenters. The molecule has 1 aromatic heterocycles. The molecule has 1 heterocycles. The summed E-state index contributed by atoms with van der Waals surface area (Å²) < 4.78 is 26.2. The molecule has 2 aromatic rings. The van der Waals surface area contributed by atoms with E-state index in [9.17, 15) is 13.2 Å². The van der Waals surface area contributed by atoms with E-state index in [0.717, 1.165) is 6.07 Å². The molecular weight excluding hydrogens is 270 g/mol. The normalized spacial score (nSPS) is 11.4. The van der Waals surface area contributed by atoms with Crippen LogP contribution in [-0.2, 0) is 16.6 Å². The molecular formula is C11H11N3O4S. The van der Waals surface area contributed by atoms with Crippen molar-refractivity contribution in [1.29, 1.82) is 0 Å². The summed E-state index contributed by atoms with van der Waals surface area (Å²) in [7, 11) is -3.77. The number of H-pyrrole nitrogens is 1. The fourth-order valence-electron chi connectivity index (χ4n) is 1.44. The van der Waals surface area contributed by atoms with Gasteiger partial charge in [-0.1, -0.05) is 6.07 Å². The molecule has 0 saturated heterocycles. The Labute approximate surface area is 109 Å². The lowest BCUT2D eigenvalue weighted by Crippen LogP contribution is -2.24. The first-order chi connectivity index (χ1) is 8.99. The maximum atomic E-state index is 12.0. The summed E-state index contributed by atoms with van der Waals surface area (Å²) >= 11 is 0. The lowest BCUT2D eigenvalue weighted by molar-refractivity contribution is 0.0696. The summed E-state index contributed by atoms with van der Waals surface area (Å²) in [6, 6.07) is 5.14. The fraction of sp³-hybridized carbons (Fsp3) is 0.0909. The average Bonchev–Trinajstić information content (AvgIpc) is 2.90. The Balaban J connectivity index is 2.19. The zero-order valence-corrected chi connectivity index (χ0v) is 10.5. The van der Waals surface area contributed by atoms with Crippen molar-refractivity contribution in [2.24, 2.45) is 0 Å². The van der Waals surface area contributed by atoms with E-state index in [1.165, 1.54) is 24.4 Å². The van der Waals surface area contributed by atoms with Gasteiger partial charge in [-0.15, -0.1) is 0 Å². The van der Waals surface area contributed by atoms with E-state index in [2.05, 4.69) is 14.7 Å². The highest BCUT2D eigenvalue weighted by molar-refractivity contribution is 7.89. The summed E-state index contributed by atoms with van der Waals surface area (Å²) in [5.74, 6) is -0.707. The highest BCUT2D eigenvalue weighted by Gasteiger charge is 2.16. The van der Waals surface area contributed by atoms with Gasteiger partial charge in [-0.3, -0.25) is 0 Å². The van der Waals surface area contributed by atoms with Gasteiger partial charge in [0.05, 0.1) is 17.0 Å². The summed E-state index contributed by atoms with van der Waals surface area (Å²) in [5, 5.41) is 8.82. The molecule has 0 spiro atoms. The van der Waals surface area contributed by atoms with Crippen LogP contribution >= 0.6 is 0 Å². The zero-order valence-electron chi connectivity index (χ0n) is 9.70. The smallest absolute Gasteiger partial charge is 0.335 e. The Hall–Kier alpha value is -2.19. The van der Waals surface area contributed by atoms with Gasteiger partial charge >= 0.3 is 5.97 Å². The number of imidazole rings is 1. The van der Waals surface area contributed by atoms with E-state index >= 15 is 0 Å². The molecule has 0 atom stereocenters. The minimum absolute atomic E-state index is 0.00658. The van der Waals surface area contributed by atoms with Crippen LogP contribution in [0, 0.1) is 0 Å². The topological polar surface area (TPSA) is 112 Å². The second-order valence-electron chi connectivity index (χ2n) is 3.69. The number of carboxylic acid groups (broad SMARTS) is 1. The third-order valence-electron chi connectivity index (χ3n) is 2.38. The monoisotopic (exact) mass is 281 g/mol. The number of aromatic amines is 1. The van der Waals surface area contributed by atoms with Crippen LogP contribution in [0.15, 0.2) is 41.6 Å². The van der Waals surface area contributed by atoms with Crippen LogP contribution in [0.3, 0.4) is 0 Å². The molecule has 0 saturated carbocycles. The number of hydrogen-bond acceptors (Lipinski definition) is 4. The predicted octanol–water partition coefficient (Wildman–Crippen LogP) is 0.586. The van der Waals surface area contributed by atoms with Gasteiger partial charge in [0.25, 0.3) is 0 Å². The number of sulfonamides is 1. The maximum absolute atomic E-state index is 12.0. The van der Waals surface area contributed by atoms with Crippen molar-refractivity contribution >= 4 is 16.0 Å². The summed E-state index contributed by atoms with van der Waals surface area (Å²) in [4.78, 5) is 17.3. The van der Waals surface area contributed by atoms with Crippen molar-refractivity contribution in [1.82, 2.24) is 14.7 Å². The van der Waals surface area contributed by atoms with E-state index in [-0.39, 0.29) is 17.0 Å². The van der Waals surface area contributed by atoms with E-state index < -0.39 is 16.0 Å². The van der Waals surface area contributed by atoms with Crippen molar-refractivity contribution < 1.29 is 18.3 Å². The van der Waals surface area contributed by atoms with Crippen molar-refractivity contribution in [2.45, 2.75) is 11.4 Å². The predicted molar refractivity (Wildman–Crippen MR) is 66.0 cm³/mol. The zero-order chi connectivity index (χ0) is 13.9. The number of benzene rings is 1. The number of aromatic carboxylic acids is 1. The van der Waals surface area contributed by atoms with Gasteiger partial charge in [-0.25, -0.2) is 22.9 Å². The summed E-state index contributed by atoms with van der Waals surface area (Å²) in [6.07, 6.45) is 3.09. The van der Waals surface area contributed by atoms with Crippen molar-refractivity contribution in [3.05, 3.63) is 48.0 Å². The molecule has 0 radical (unpaired) electrons. The Morgan fingerprint density at radius 2 is 2.21 bits per heavy atom. The van der Waals surface area contributed by atoms with Crippen molar-refractivity contribution in [3.8, 4) is 0 Å². The minimum atomic E-state index is -3.77. The fourth-order valence-corrected chi connectivity index (χ4v) is 2.47. The number of carboxylic acids is 1. The molecule has 0 bridgehead atoms. The van der Waals surface area contributed by atoms with Crippen LogP contribution in [0.1, 0.15) is 16.2 Å². The van der Waals surface area contributed by atoms with Crippen molar-refractivity contribution in [3.63, 3.8) is 0 Å². The maximum Gasteiger partial charge on any atom is 0.335 e. The second-order valence-corrected chi connectivity index (χ2v) is 5.46. The number of rotatable bonds is 5.